The molecule has 1 amide bonds. The number of fused-ring (bicyclic) bond motifs is 1. The quantitative estimate of drug-likeness (QED) is 0.398. The van der Waals surface area contributed by atoms with Gasteiger partial charge in [-0.1, -0.05) is 11.8 Å². The fraction of sp³-hybridized carbons (Fsp3) is 0.667. The second kappa shape index (κ2) is 7.16. The molecule has 0 saturated carbocycles. The summed E-state index contributed by atoms with van der Waals surface area (Å²) >= 11 is 2.66. The minimum Gasteiger partial charge on any atom is -0.543 e. The normalized spacial score (nSPS) is 35.0. The molecule has 3 unspecified atom stereocenters. The Balaban J connectivity index is 0.00000176. The first-order valence-corrected chi connectivity index (χ1v) is 9.80. The molecule has 0 bridgehead atoms. The van der Waals surface area contributed by atoms with Crippen LogP contribution in [0.2, 0.25) is 0 Å². The molecule has 6 nitrogen and oxygen atoms in total. The Kier molecular flexibility index (Phi) is 6.13. The van der Waals surface area contributed by atoms with Crippen LogP contribution in [0.15, 0.2) is 9.93 Å². The Bertz CT molecular complexity index is 567. The van der Waals surface area contributed by atoms with Gasteiger partial charge >= 0.3 is 29.6 Å². The number of thioether (sulfide) groups is 2. The maximum atomic E-state index is 12.0. The summed E-state index contributed by atoms with van der Waals surface area (Å²) in [5, 5.41) is 20.7. The third-order valence-corrected chi connectivity index (χ3v) is 8.32. The van der Waals surface area contributed by atoms with Crippen LogP contribution in [0.5, 0.6) is 0 Å². The van der Waals surface area contributed by atoms with E-state index in [1.807, 2.05) is 0 Å². The summed E-state index contributed by atoms with van der Waals surface area (Å²) in [7, 11) is -0.834. The fourth-order valence-corrected chi connectivity index (χ4v) is 7.95. The largest absolute Gasteiger partial charge is 1.00 e. The predicted molar refractivity (Wildman–Crippen MR) is 79.3 cm³/mol. The summed E-state index contributed by atoms with van der Waals surface area (Å²) in [6, 6.07) is 0. The molecule has 22 heavy (non-hydrogen) atoms. The Morgan fingerprint density at radius 2 is 2.27 bits per heavy atom. The predicted octanol–water partition coefficient (Wildman–Crippen LogP) is -3.92. The molecule has 0 radical (unpaired) electrons. The zero-order valence-corrected chi connectivity index (χ0v) is 16.6. The molecule has 0 aromatic heterocycles. The van der Waals surface area contributed by atoms with Gasteiger partial charge < -0.3 is 15.0 Å². The molecule has 0 aromatic carbocycles. The molecule has 3 rings (SSSR count). The standard InChI is InChI=1S/C12H15NO5S3.Na/c1-5(14)7-9(15)13-8(11(16)17)12(20-10(7)13)19-6-2-3-21(18)4-6;/h5-7,10,14H,2-4H2,1H3,(H,16,17);/q;+1/p-1/t5-,6?,7?,10-,21?;/m1./s1. The number of hydrogen-bond acceptors (Lipinski definition) is 7. The van der Waals surface area contributed by atoms with Crippen molar-refractivity contribution in [1.29, 1.82) is 0 Å². The van der Waals surface area contributed by atoms with Crippen molar-refractivity contribution in [2.45, 2.75) is 30.1 Å². The molecule has 1 N–H and O–H groups in total. The first kappa shape index (κ1) is 18.8. The van der Waals surface area contributed by atoms with Gasteiger partial charge in [-0.05, 0) is 13.3 Å². The molecular formula is C12H14NNaO5S3. The zero-order valence-electron chi connectivity index (χ0n) is 12.2. The Labute approximate surface area is 161 Å². The van der Waals surface area contributed by atoms with Crippen molar-refractivity contribution in [3.05, 3.63) is 9.93 Å². The number of carboxylic acids is 1. The molecule has 5 atom stereocenters. The van der Waals surface area contributed by atoms with Crippen molar-refractivity contribution in [2.75, 3.05) is 11.5 Å². The number of carboxylic acid groups (broad SMARTS) is 1. The van der Waals surface area contributed by atoms with Gasteiger partial charge in [0.1, 0.15) is 5.37 Å². The SMILES string of the molecule is C[C@@H](O)C1C(=O)N2C(C(=O)[O-])=C(SC3CCS(=O)C3)S[C@H]12.[Na+]. The molecule has 116 valence electrons. The van der Waals surface area contributed by atoms with Gasteiger partial charge in [0.25, 0.3) is 0 Å². The Morgan fingerprint density at radius 1 is 1.59 bits per heavy atom. The topological polar surface area (TPSA) is 97.7 Å². The molecule has 0 aliphatic carbocycles. The van der Waals surface area contributed by atoms with Crippen LogP contribution in [0.25, 0.3) is 0 Å². The van der Waals surface area contributed by atoms with E-state index < -0.39 is 28.8 Å². The van der Waals surface area contributed by atoms with E-state index in [-0.39, 0.29) is 51.8 Å². The van der Waals surface area contributed by atoms with Crippen LogP contribution in [0.4, 0.5) is 0 Å². The number of amides is 1. The van der Waals surface area contributed by atoms with Crippen molar-refractivity contribution in [3.63, 3.8) is 0 Å². The van der Waals surface area contributed by atoms with E-state index in [0.29, 0.717) is 15.7 Å². The number of aliphatic hydroxyl groups excluding tert-OH is 1. The number of aliphatic carboxylic acids is 1. The molecule has 0 spiro atoms. The number of β-lactam (4-membered cyclic amide) rings is 1. The van der Waals surface area contributed by atoms with Crippen molar-refractivity contribution in [1.82, 2.24) is 4.90 Å². The second-order valence-corrected chi connectivity index (χ2v) is 9.56. The van der Waals surface area contributed by atoms with Crippen LogP contribution in [-0.2, 0) is 20.4 Å². The Hall–Kier alpha value is 0.490. The maximum Gasteiger partial charge on any atom is 1.00 e. The van der Waals surface area contributed by atoms with E-state index in [9.17, 15) is 24.0 Å². The summed E-state index contributed by atoms with van der Waals surface area (Å²) in [6.07, 6.45) is -0.0299. The van der Waals surface area contributed by atoms with Gasteiger partial charge in [-0.2, -0.15) is 0 Å². The average molecular weight is 371 g/mol. The number of rotatable bonds is 4. The molecule has 2 fully saturated rings. The molecule has 3 aliphatic rings. The first-order chi connectivity index (χ1) is 9.90. The number of aliphatic hydroxyl groups is 1. The van der Waals surface area contributed by atoms with Crippen LogP contribution in [0.1, 0.15) is 13.3 Å². The van der Waals surface area contributed by atoms with E-state index in [0.717, 1.165) is 6.42 Å². The van der Waals surface area contributed by atoms with Gasteiger partial charge in [-0.25, -0.2) is 0 Å². The average Bonchev–Trinajstić information content (AvgIpc) is 2.91. The molecule has 10 heteroatoms. The van der Waals surface area contributed by atoms with Crippen LogP contribution < -0.4 is 34.7 Å². The van der Waals surface area contributed by atoms with Gasteiger partial charge in [0.2, 0.25) is 5.91 Å². The summed E-state index contributed by atoms with van der Waals surface area (Å²) in [4.78, 5) is 24.6. The molecule has 2 saturated heterocycles. The molecular weight excluding hydrogens is 357 g/mol. The third kappa shape index (κ3) is 3.18. The first-order valence-electron chi connectivity index (χ1n) is 6.55. The number of hydrogen-bond donors (Lipinski definition) is 1. The number of nitrogens with zero attached hydrogens (tertiary/aromatic N) is 1. The summed E-state index contributed by atoms with van der Waals surface area (Å²) in [5.41, 5.74) is -0.0883. The van der Waals surface area contributed by atoms with Crippen LogP contribution in [0.3, 0.4) is 0 Å². The van der Waals surface area contributed by atoms with Gasteiger partial charge in [0.15, 0.2) is 0 Å². The zero-order chi connectivity index (χ0) is 15.3. The van der Waals surface area contributed by atoms with Gasteiger partial charge in [-0.3, -0.25) is 13.9 Å². The monoisotopic (exact) mass is 371 g/mol. The van der Waals surface area contributed by atoms with Crippen molar-refractivity contribution in [3.8, 4) is 0 Å². The van der Waals surface area contributed by atoms with Crippen LogP contribution in [0, 0.1) is 5.92 Å². The minimum absolute atomic E-state index is 0. The number of carbonyl (C=O) groups excluding carboxylic acids is 2. The minimum atomic E-state index is -1.37. The maximum absolute atomic E-state index is 12.0. The van der Waals surface area contributed by atoms with E-state index in [2.05, 4.69) is 0 Å². The smallest absolute Gasteiger partial charge is 0.543 e. The summed E-state index contributed by atoms with van der Waals surface area (Å²) in [5.74, 6) is -1.12. The second-order valence-electron chi connectivity index (χ2n) is 5.25. The van der Waals surface area contributed by atoms with Gasteiger partial charge in [0, 0.05) is 27.6 Å². The van der Waals surface area contributed by atoms with Crippen molar-refractivity contribution >= 4 is 46.2 Å². The molecule has 3 heterocycles. The number of carbonyl (C=O) groups is 2. The summed E-state index contributed by atoms with van der Waals surface area (Å²) in [6.45, 7) is 1.53. The van der Waals surface area contributed by atoms with E-state index in [4.69, 9.17) is 0 Å². The fourth-order valence-electron chi connectivity index (χ4n) is 2.70. The third-order valence-electron chi connectivity index (χ3n) is 3.77. The van der Waals surface area contributed by atoms with E-state index in [1.54, 1.807) is 0 Å². The van der Waals surface area contributed by atoms with Crippen molar-refractivity contribution in [2.24, 2.45) is 5.92 Å². The molecule has 0 aromatic rings. The van der Waals surface area contributed by atoms with Gasteiger partial charge in [0.05, 0.1) is 27.9 Å². The Morgan fingerprint density at radius 3 is 2.77 bits per heavy atom. The van der Waals surface area contributed by atoms with E-state index >= 15 is 0 Å². The summed E-state index contributed by atoms with van der Waals surface area (Å²) < 4.78 is 12.0. The van der Waals surface area contributed by atoms with Crippen LogP contribution >= 0.6 is 23.5 Å². The van der Waals surface area contributed by atoms with Gasteiger partial charge in [-0.15, -0.1) is 11.8 Å². The molecule has 3 aliphatic heterocycles. The van der Waals surface area contributed by atoms with E-state index in [1.165, 1.54) is 35.3 Å². The van der Waals surface area contributed by atoms with Crippen LogP contribution in [-0.4, -0.2) is 54.3 Å². The van der Waals surface area contributed by atoms with Crippen molar-refractivity contribution < 1.29 is 53.6 Å².